The summed E-state index contributed by atoms with van der Waals surface area (Å²) in [5.74, 6) is 0. The summed E-state index contributed by atoms with van der Waals surface area (Å²) in [6.07, 6.45) is 0.502. The number of sulfonamides is 1. The summed E-state index contributed by atoms with van der Waals surface area (Å²) in [6, 6.07) is 7.43. The molecule has 0 fully saturated rings. The molecule has 0 heterocycles. The zero-order valence-corrected chi connectivity index (χ0v) is 9.21. The molecular weight excluding hydrogens is 198 g/mol. The molecule has 1 unspecified atom stereocenters. The Bertz CT molecular complexity index is 412. The SMILES string of the molecule is CCC(c1cccc(C)c1)S(N)(=O)=O. The van der Waals surface area contributed by atoms with Crippen LogP contribution in [0, 0.1) is 6.92 Å². The van der Waals surface area contributed by atoms with E-state index < -0.39 is 15.3 Å². The lowest BCUT2D eigenvalue weighted by molar-refractivity contribution is 0.581. The van der Waals surface area contributed by atoms with Gasteiger partial charge in [0.2, 0.25) is 10.0 Å². The van der Waals surface area contributed by atoms with E-state index in [0.717, 1.165) is 11.1 Å². The normalized spacial score (nSPS) is 13.9. The van der Waals surface area contributed by atoms with E-state index in [9.17, 15) is 8.42 Å². The molecule has 1 atom stereocenters. The molecule has 1 rings (SSSR count). The van der Waals surface area contributed by atoms with Gasteiger partial charge in [0.15, 0.2) is 0 Å². The third-order valence-corrected chi connectivity index (χ3v) is 3.58. The molecule has 3 nitrogen and oxygen atoms in total. The molecule has 1 aromatic rings. The second-order valence-electron chi connectivity index (χ2n) is 3.40. The van der Waals surface area contributed by atoms with Crippen molar-refractivity contribution in [1.82, 2.24) is 0 Å². The van der Waals surface area contributed by atoms with Gasteiger partial charge in [0.25, 0.3) is 0 Å². The van der Waals surface area contributed by atoms with Gasteiger partial charge < -0.3 is 0 Å². The van der Waals surface area contributed by atoms with Crippen molar-refractivity contribution in [3.8, 4) is 0 Å². The van der Waals surface area contributed by atoms with Crippen LogP contribution in [0.4, 0.5) is 0 Å². The summed E-state index contributed by atoms with van der Waals surface area (Å²) < 4.78 is 22.5. The van der Waals surface area contributed by atoms with Gasteiger partial charge in [-0.15, -0.1) is 0 Å². The highest BCUT2D eigenvalue weighted by Crippen LogP contribution is 2.23. The number of benzene rings is 1. The highest BCUT2D eigenvalue weighted by Gasteiger charge is 2.21. The van der Waals surface area contributed by atoms with E-state index in [4.69, 9.17) is 5.14 Å². The van der Waals surface area contributed by atoms with Crippen LogP contribution in [-0.4, -0.2) is 8.42 Å². The Kier molecular flexibility index (Phi) is 3.29. The third-order valence-electron chi connectivity index (χ3n) is 2.18. The Labute approximate surface area is 85.0 Å². The summed E-state index contributed by atoms with van der Waals surface area (Å²) in [4.78, 5) is 0. The molecule has 0 aliphatic heterocycles. The predicted molar refractivity (Wildman–Crippen MR) is 57.3 cm³/mol. The first-order chi connectivity index (χ1) is 6.45. The Morgan fingerprint density at radius 2 is 2.07 bits per heavy atom. The van der Waals surface area contributed by atoms with Crippen molar-refractivity contribution in [2.45, 2.75) is 25.5 Å². The number of primary sulfonamides is 1. The maximum absolute atomic E-state index is 11.3. The Balaban J connectivity index is 3.14. The van der Waals surface area contributed by atoms with Crippen LogP contribution in [0.25, 0.3) is 0 Å². The van der Waals surface area contributed by atoms with Crippen molar-refractivity contribution in [3.63, 3.8) is 0 Å². The Hall–Kier alpha value is -0.870. The molecule has 0 radical (unpaired) electrons. The molecule has 0 amide bonds. The van der Waals surface area contributed by atoms with Crippen molar-refractivity contribution in [2.24, 2.45) is 5.14 Å². The van der Waals surface area contributed by atoms with Gasteiger partial charge in [0.05, 0.1) is 5.25 Å². The topological polar surface area (TPSA) is 60.2 Å². The molecule has 0 spiro atoms. The summed E-state index contributed by atoms with van der Waals surface area (Å²) in [6.45, 7) is 3.75. The van der Waals surface area contributed by atoms with E-state index in [2.05, 4.69) is 0 Å². The summed E-state index contributed by atoms with van der Waals surface area (Å²) in [7, 11) is -3.48. The van der Waals surface area contributed by atoms with E-state index in [1.807, 2.05) is 32.0 Å². The second kappa shape index (κ2) is 4.11. The smallest absolute Gasteiger partial charge is 0.216 e. The average Bonchev–Trinajstić information content (AvgIpc) is 2.02. The molecule has 78 valence electrons. The van der Waals surface area contributed by atoms with Crippen LogP contribution in [0.1, 0.15) is 29.7 Å². The molecule has 0 bridgehead atoms. The standard InChI is InChI=1S/C10H15NO2S/c1-3-10(14(11,12)13)9-6-4-5-8(2)7-9/h4-7,10H,3H2,1-2H3,(H2,11,12,13). The first kappa shape index (κ1) is 11.2. The molecule has 0 saturated carbocycles. The van der Waals surface area contributed by atoms with Gasteiger partial charge in [0.1, 0.15) is 0 Å². The van der Waals surface area contributed by atoms with Gasteiger partial charge in [-0.05, 0) is 18.9 Å². The molecule has 2 N–H and O–H groups in total. The average molecular weight is 213 g/mol. The van der Waals surface area contributed by atoms with E-state index in [1.165, 1.54) is 0 Å². The maximum Gasteiger partial charge on any atom is 0.216 e. The predicted octanol–water partition coefficient (Wildman–Crippen LogP) is 1.73. The van der Waals surface area contributed by atoms with Crippen LogP contribution in [0.2, 0.25) is 0 Å². The van der Waals surface area contributed by atoms with Crippen LogP contribution in [0.15, 0.2) is 24.3 Å². The number of rotatable bonds is 3. The lowest BCUT2D eigenvalue weighted by Gasteiger charge is -2.12. The fourth-order valence-electron chi connectivity index (χ4n) is 1.53. The quantitative estimate of drug-likeness (QED) is 0.831. The zero-order chi connectivity index (χ0) is 10.8. The van der Waals surface area contributed by atoms with Crippen LogP contribution in [0.5, 0.6) is 0 Å². The maximum atomic E-state index is 11.3. The zero-order valence-electron chi connectivity index (χ0n) is 8.40. The number of nitrogens with two attached hydrogens (primary N) is 1. The highest BCUT2D eigenvalue weighted by atomic mass is 32.2. The van der Waals surface area contributed by atoms with E-state index in [1.54, 1.807) is 6.07 Å². The Morgan fingerprint density at radius 1 is 1.43 bits per heavy atom. The van der Waals surface area contributed by atoms with Gasteiger partial charge >= 0.3 is 0 Å². The number of hydrogen-bond acceptors (Lipinski definition) is 2. The van der Waals surface area contributed by atoms with Crippen LogP contribution >= 0.6 is 0 Å². The van der Waals surface area contributed by atoms with Crippen molar-refractivity contribution in [3.05, 3.63) is 35.4 Å². The largest absolute Gasteiger partial charge is 0.228 e. The molecule has 0 aliphatic rings. The van der Waals surface area contributed by atoms with Gasteiger partial charge in [0, 0.05) is 0 Å². The first-order valence-corrected chi connectivity index (χ1v) is 6.14. The molecule has 0 aliphatic carbocycles. The van der Waals surface area contributed by atoms with Crippen LogP contribution in [-0.2, 0) is 10.0 Å². The van der Waals surface area contributed by atoms with Crippen molar-refractivity contribution >= 4 is 10.0 Å². The summed E-state index contributed by atoms with van der Waals surface area (Å²) >= 11 is 0. The van der Waals surface area contributed by atoms with Crippen LogP contribution in [0.3, 0.4) is 0 Å². The van der Waals surface area contributed by atoms with Gasteiger partial charge in [-0.3, -0.25) is 0 Å². The third kappa shape index (κ3) is 2.56. The fourth-order valence-corrected chi connectivity index (χ4v) is 2.52. The van der Waals surface area contributed by atoms with Crippen molar-refractivity contribution in [2.75, 3.05) is 0 Å². The minimum absolute atomic E-state index is 0.502. The lowest BCUT2D eigenvalue weighted by atomic mass is 10.1. The summed E-state index contributed by atoms with van der Waals surface area (Å²) in [5, 5.41) is 4.56. The fraction of sp³-hybridized carbons (Fsp3) is 0.400. The van der Waals surface area contributed by atoms with E-state index in [0.29, 0.717) is 6.42 Å². The van der Waals surface area contributed by atoms with E-state index >= 15 is 0 Å². The molecular formula is C10H15NO2S. The Morgan fingerprint density at radius 3 is 2.50 bits per heavy atom. The monoisotopic (exact) mass is 213 g/mol. The number of hydrogen-bond donors (Lipinski definition) is 1. The summed E-state index contributed by atoms with van der Waals surface area (Å²) in [5.41, 5.74) is 1.82. The van der Waals surface area contributed by atoms with Crippen LogP contribution < -0.4 is 5.14 Å². The van der Waals surface area contributed by atoms with Gasteiger partial charge in [-0.25, -0.2) is 13.6 Å². The van der Waals surface area contributed by atoms with Gasteiger partial charge in [-0.2, -0.15) is 0 Å². The van der Waals surface area contributed by atoms with E-state index in [-0.39, 0.29) is 0 Å². The molecule has 1 aromatic carbocycles. The number of aryl methyl sites for hydroxylation is 1. The highest BCUT2D eigenvalue weighted by molar-refractivity contribution is 7.89. The first-order valence-electron chi connectivity index (χ1n) is 4.53. The van der Waals surface area contributed by atoms with Crippen molar-refractivity contribution < 1.29 is 8.42 Å². The molecule has 0 saturated heterocycles. The van der Waals surface area contributed by atoms with Gasteiger partial charge in [-0.1, -0.05) is 36.8 Å². The minimum atomic E-state index is -3.48. The molecule has 0 aromatic heterocycles. The molecule has 14 heavy (non-hydrogen) atoms. The van der Waals surface area contributed by atoms with Crippen molar-refractivity contribution in [1.29, 1.82) is 0 Å². The molecule has 4 heteroatoms. The lowest BCUT2D eigenvalue weighted by Crippen LogP contribution is -2.21. The second-order valence-corrected chi connectivity index (χ2v) is 5.15. The minimum Gasteiger partial charge on any atom is -0.228 e.